The molecule has 11 heteroatoms. The molecule has 0 saturated carbocycles. The van der Waals surface area contributed by atoms with Crippen LogP contribution in [-0.4, -0.2) is 47.1 Å². The Morgan fingerprint density at radius 1 is 0.930 bits per heavy atom. The van der Waals surface area contributed by atoms with E-state index in [1.54, 1.807) is 41.1 Å². The molecule has 0 spiro atoms. The summed E-state index contributed by atoms with van der Waals surface area (Å²) >= 11 is 0. The van der Waals surface area contributed by atoms with Crippen LogP contribution in [0.1, 0.15) is 54.0 Å². The maximum absolute atomic E-state index is 13.2. The lowest BCUT2D eigenvalue weighted by atomic mass is 10.0. The quantitative estimate of drug-likeness (QED) is 0.208. The molecule has 3 N–H and O–H groups in total. The van der Waals surface area contributed by atoms with E-state index in [9.17, 15) is 27.9 Å². The molecule has 3 aromatic carbocycles. The number of carboxylic acids is 1. The van der Waals surface area contributed by atoms with Gasteiger partial charge in [-0.15, -0.1) is 0 Å². The van der Waals surface area contributed by atoms with Gasteiger partial charge in [-0.05, 0) is 41.7 Å². The number of benzene rings is 3. The fourth-order valence-electron chi connectivity index (χ4n) is 4.85. The van der Waals surface area contributed by atoms with Crippen molar-refractivity contribution in [3.05, 3.63) is 107 Å². The summed E-state index contributed by atoms with van der Waals surface area (Å²) in [5.41, 5.74) is 3.99. The van der Waals surface area contributed by atoms with Crippen molar-refractivity contribution < 1.29 is 27.9 Å². The minimum absolute atomic E-state index is 0.000575. The van der Waals surface area contributed by atoms with Gasteiger partial charge in [0.05, 0.1) is 17.9 Å². The molecule has 2 amide bonds. The molecule has 4 rings (SSSR count). The zero-order chi connectivity index (χ0) is 31.0. The first-order chi connectivity index (χ1) is 20.6. The van der Waals surface area contributed by atoms with Gasteiger partial charge in [-0.3, -0.25) is 19.1 Å². The highest BCUT2D eigenvalue weighted by atomic mass is 32.2. The Morgan fingerprint density at radius 3 is 2.26 bits per heavy atom. The number of aliphatic carboxylic acids is 1. The van der Waals surface area contributed by atoms with Gasteiger partial charge in [-0.2, -0.15) is 5.10 Å². The highest BCUT2D eigenvalue weighted by Crippen LogP contribution is 2.28. The second-order valence-corrected chi connectivity index (χ2v) is 11.9. The van der Waals surface area contributed by atoms with Crippen LogP contribution in [0.4, 0.5) is 0 Å². The molecule has 43 heavy (non-hydrogen) atoms. The minimum atomic E-state index is -4.03. The Morgan fingerprint density at radius 2 is 1.60 bits per heavy atom. The van der Waals surface area contributed by atoms with Gasteiger partial charge in [0.15, 0.2) is 0 Å². The van der Waals surface area contributed by atoms with Crippen LogP contribution in [0.25, 0.3) is 11.1 Å². The van der Waals surface area contributed by atoms with Gasteiger partial charge in [0.1, 0.15) is 5.69 Å². The van der Waals surface area contributed by atoms with Crippen molar-refractivity contribution in [1.82, 2.24) is 19.8 Å². The summed E-state index contributed by atoms with van der Waals surface area (Å²) in [4.78, 5) is 36.1. The average molecular weight is 603 g/mol. The molecule has 0 saturated heterocycles. The smallest absolute Gasteiger partial charge is 0.305 e. The van der Waals surface area contributed by atoms with Crippen molar-refractivity contribution in [1.29, 1.82) is 0 Å². The van der Waals surface area contributed by atoms with Crippen molar-refractivity contribution in [3.63, 3.8) is 0 Å². The number of rotatable bonds is 13. The lowest BCUT2D eigenvalue weighted by molar-refractivity contribution is -0.137. The van der Waals surface area contributed by atoms with Crippen molar-refractivity contribution in [3.8, 4) is 11.1 Å². The Balaban J connectivity index is 1.53. The largest absolute Gasteiger partial charge is 0.481 e. The van der Waals surface area contributed by atoms with Gasteiger partial charge in [-0.1, -0.05) is 86.1 Å². The van der Waals surface area contributed by atoms with E-state index in [1.165, 1.54) is 6.07 Å². The molecule has 10 nitrogen and oxygen atoms in total. The van der Waals surface area contributed by atoms with E-state index in [0.717, 1.165) is 30.2 Å². The highest BCUT2D eigenvalue weighted by Gasteiger charge is 2.22. The molecule has 1 heterocycles. The van der Waals surface area contributed by atoms with Crippen molar-refractivity contribution in [2.75, 3.05) is 0 Å². The van der Waals surface area contributed by atoms with Crippen molar-refractivity contribution in [2.45, 2.75) is 57.0 Å². The molecule has 1 atom stereocenters. The third-order valence-electron chi connectivity index (χ3n) is 6.74. The predicted molar refractivity (Wildman–Crippen MR) is 162 cm³/mol. The highest BCUT2D eigenvalue weighted by molar-refractivity contribution is 7.90. The summed E-state index contributed by atoms with van der Waals surface area (Å²) in [5.74, 6) is -2.11. The number of carbonyl (C=O) groups is 3. The Labute approximate surface area is 250 Å². The number of hydrogen-bond acceptors (Lipinski definition) is 6. The van der Waals surface area contributed by atoms with E-state index in [1.807, 2.05) is 54.1 Å². The number of carbonyl (C=O) groups excluding carboxylic acids is 2. The van der Waals surface area contributed by atoms with Gasteiger partial charge < -0.3 is 10.4 Å². The zero-order valence-electron chi connectivity index (χ0n) is 24.0. The van der Waals surface area contributed by atoms with E-state index < -0.39 is 33.8 Å². The third-order valence-corrected chi connectivity index (χ3v) is 8.23. The molecule has 0 radical (unpaired) electrons. The van der Waals surface area contributed by atoms with Gasteiger partial charge in [0.25, 0.3) is 15.9 Å². The Bertz CT molecular complexity index is 1700. The van der Waals surface area contributed by atoms with Crippen molar-refractivity contribution in [2.24, 2.45) is 0 Å². The van der Waals surface area contributed by atoms with Crippen LogP contribution in [0.5, 0.6) is 0 Å². The van der Waals surface area contributed by atoms with Crippen LogP contribution < -0.4 is 10.0 Å². The second-order valence-electron chi connectivity index (χ2n) is 10.2. The fraction of sp³-hybridized carbons (Fsp3) is 0.250. The maximum atomic E-state index is 13.2. The number of amides is 2. The summed E-state index contributed by atoms with van der Waals surface area (Å²) in [7, 11) is -4.03. The summed E-state index contributed by atoms with van der Waals surface area (Å²) in [5, 5.41) is 16.8. The van der Waals surface area contributed by atoms with Crippen LogP contribution >= 0.6 is 0 Å². The fourth-order valence-corrected chi connectivity index (χ4v) is 6.07. The zero-order valence-corrected chi connectivity index (χ0v) is 24.8. The van der Waals surface area contributed by atoms with E-state index in [0.29, 0.717) is 30.5 Å². The van der Waals surface area contributed by atoms with Crippen LogP contribution in [0.2, 0.25) is 0 Å². The standard InChI is InChI=1S/C32H34N4O6S/c1-3-9-27-20-29(32(40)33-26(19-31(38)39)18-23-10-5-4-6-11-23)34-36(27)21-24-14-16-25(17-15-24)28-12-7-8-13-30(28)43(41,42)35-22(2)37/h4-8,10-17,20,26H,3,9,18-19,21H2,1-2H3,(H,33,40)(H,35,37)(H,38,39)/t26-/m1/s1. The number of hydrogen-bond donors (Lipinski definition) is 3. The number of sulfonamides is 1. The summed E-state index contributed by atoms with van der Waals surface area (Å²) < 4.78 is 29.2. The Kier molecular flexibility index (Phi) is 10.1. The number of aryl methyl sites for hydroxylation is 1. The molecular weight excluding hydrogens is 568 g/mol. The molecule has 0 aliphatic carbocycles. The number of nitrogens with one attached hydrogen (secondary N) is 2. The van der Waals surface area contributed by atoms with Crippen LogP contribution in [0.3, 0.4) is 0 Å². The van der Waals surface area contributed by atoms with Crippen LogP contribution in [0.15, 0.2) is 89.8 Å². The molecule has 4 aromatic rings. The Hall–Kier alpha value is -4.77. The topological polar surface area (TPSA) is 147 Å². The molecule has 0 aliphatic heterocycles. The van der Waals surface area contributed by atoms with Crippen LogP contribution in [0, 0.1) is 0 Å². The number of aromatic nitrogens is 2. The van der Waals surface area contributed by atoms with E-state index >= 15 is 0 Å². The molecule has 224 valence electrons. The average Bonchev–Trinajstić information content (AvgIpc) is 3.35. The normalized spacial score (nSPS) is 12.0. The van der Waals surface area contributed by atoms with E-state index in [2.05, 4.69) is 10.4 Å². The lowest BCUT2D eigenvalue weighted by Gasteiger charge is -2.16. The summed E-state index contributed by atoms with van der Waals surface area (Å²) in [6.45, 7) is 3.55. The maximum Gasteiger partial charge on any atom is 0.305 e. The second kappa shape index (κ2) is 13.9. The minimum Gasteiger partial charge on any atom is -0.481 e. The van der Waals surface area contributed by atoms with Gasteiger partial charge in [-0.25, -0.2) is 13.1 Å². The van der Waals surface area contributed by atoms with E-state index in [4.69, 9.17) is 0 Å². The monoisotopic (exact) mass is 602 g/mol. The molecule has 1 aromatic heterocycles. The summed E-state index contributed by atoms with van der Waals surface area (Å²) in [6, 6.07) is 24.3. The number of nitrogens with zero attached hydrogens (tertiary/aromatic N) is 2. The summed E-state index contributed by atoms with van der Waals surface area (Å²) in [6.07, 6.45) is 1.68. The van der Waals surface area contributed by atoms with Crippen molar-refractivity contribution >= 4 is 27.8 Å². The van der Waals surface area contributed by atoms with Gasteiger partial charge >= 0.3 is 5.97 Å². The molecule has 0 unspecified atom stereocenters. The van der Waals surface area contributed by atoms with E-state index in [-0.39, 0.29) is 17.0 Å². The van der Waals surface area contributed by atoms with Gasteiger partial charge in [0.2, 0.25) is 5.91 Å². The molecular formula is C32H34N4O6S. The number of carboxylic acid groups (broad SMARTS) is 1. The first-order valence-corrected chi connectivity index (χ1v) is 15.4. The predicted octanol–water partition coefficient (Wildman–Crippen LogP) is 4.19. The lowest BCUT2D eigenvalue weighted by Crippen LogP contribution is -2.38. The first kappa shape index (κ1) is 31.2. The molecule has 0 bridgehead atoms. The first-order valence-electron chi connectivity index (χ1n) is 13.9. The van der Waals surface area contributed by atoms with Gasteiger partial charge in [0, 0.05) is 24.2 Å². The van der Waals surface area contributed by atoms with Crippen LogP contribution in [-0.2, 0) is 39.0 Å². The third kappa shape index (κ3) is 8.39. The molecule has 0 fully saturated rings. The SMILES string of the molecule is CCCc1cc(C(=O)N[C@@H](CC(=O)O)Cc2ccccc2)nn1Cc1ccc(-c2ccccc2S(=O)(=O)NC(C)=O)cc1. The molecule has 0 aliphatic rings.